The molecule has 0 bridgehead atoms. The maximum Gasteiger partial charge on any atom is 0.337 e. The summed E-state index contributed by atoms with van der Waals surface area (Å²) < 4.78 is 5.59. The molecule has 0 aliphatic carbocycles. The van der Waals surface area contributed by atoms with Crippen LogP contribution in [0.1, 0.15) is 23.2 Å². The second kappa shape index (κ2) is 9.02. The molecule has 24 heavy (non-hydrogen) atoms. The molecule has 0 atom stereocenters. The molecule has 2 aromatic carbocycles. The molecule has 4 nitrogen and oxygen atoms in total. The van der Waals surface area contributed by atoms with E-state index in [0.29, 0.717) is 39.7 Å². The summed E-state index contributed by atoms with van der Waals surface area (Å²) in [6.45, 7) is 1.09. The fourth-order valence-electron chi connectivity index (χ4n) is 2.12. The van der Waals surface area contributed by atoms with Gasteiger partial charge in [-0.2, -0.15) is 0 Å². The highest BCUT2D eigenvalue weighted by Gasteiger charge is 2.12. The molecule has 0 aliphatic heterocycles. The van der Waals surface area contributed by atoms with Gasteiger partial charge in [0.05, 0.1) is 22.9 Å². The Hall–Kier alpha value is -1.62. The SMILES string of the molecule is O=C(O)c1cccc(Cl)c1NCCCCOc1cc(Cl)cc(Cl)c1. The zero-order valence-corrected chi connectivity index (χ0v) is 15.0. The van der Waals surface area contributed by atoms with Gasteiger partial charge in [-0.3, -0.25) is 0 Å². The predicted octanol–water partition coefficient (Wildman–Crippen LogP) is 5.62. The third-order valence-electron chi connectivity index (χ3n) is 3.22. The van der Waals surface area contributed by atoms with E-state index in [1.807, 2.05) is 0 Å². The van der Waals surface area contributed by atoms with Crippen molar-refractivity contribution < 1.29 is 14.6 Å². The minimum absolute atomic E-state index is 0.160. The van der Waals surface area contributed by atoms with Crippen molar-refractivity contribution in [2.24, 2.45) is 0 Å². The molecule has 2 N–H and O–H groups in total. The third kappa shape index (κ3) is 5.48. The molecule has 0 saturated carbocycles. The number of aromatic carboxylic acids is 1. The number of benzene rings is 2. The summed E-state index contributed by atoms with van der Waals surface area (Å²) in [5, 5.41) is 13.7. The Labute approximate surface area is 155 Å². The smallest absolute Gasteiger partial charge is 0.337 e. The standard InChI is InChI=1S/C17H16Cl3NO3/c18-11-8-12(19)10-13(9-11)24-7-2-1-6-21-16-14(17(22)23)4-3-5-15(16)20/h3-5,8-10,21H,1-2,6-7H2,(H,22,23). The summed E-state index contributed by atoms with van der Waals surface area (Å²) in [5.74, 6) is -0.388. The van der Waals surface area contributed by atoms with E-state index in [4.69, 9.17) is 44.6 Å². The molecule has 0 saturated heterocycles. The van der Waals surface area contributed by atoms with Gasteiger partial charge in [-0.05, 0) is 43.2 Å². The summed E-state index contributed by atoms with van der Waals surface area (Å²) in [4.78, 5) is 11.2. The van der Waals surface area contributed by atoms with E-state index >= 15 is 0 Å². The number of carbonyl (C=O) groups is 1. The Morgan fingerprint density at radius 1 is 1.08 bits per heavy atom. The van der Waals surface area contributed by atoms with E-state index in [2.05, 4.69) is 5.32 Å². The number of anilines is 1. The Morgan fingerprint density at radius 2 is 1.79 bits per heavy atom. The molecule has 0 amide bonds. The second-order valence-corrected chi connectivity index (χ2v) is 6.34. The Kier molecular flexibility index (Phi) is 7.03. The van der Waals surface area contributed by atoms with Gasteiger partial charge in [0.15, 0.2) is 0 Å². The zero-order chi connectivity index (χ0) is 17.5. The van der Waals surface area contributed by atoms with Crippen LogP contribution in [0.15, 0.2) is 36.4 Å². The van der Waals surface area contributed by atoms with Crippen molar-refractivity contribution in [3.05, 3.63) is 57.0 Å². The van der Waals surface area contributed by atoms with Gasteiger partial charge in [0.2, 0.25) is 0 Å². The monoisotopic (exact) mass is 387 g/mol. The van der Waals surface area contributed by atoms with Crippen molar-refractivity contribution in [2.75, 3.05) is 18.5 Å². The summed E-state index contributed by atoms with van der Waals surface area (Å²) in [6.07, 6.45) is 1.57. The topological polar surface area (TPSA) is 58.6 Å². The number of ether oxygens (including phenoxy) is 1. The molecule has 2 aromatic rings. The molecule has 0 heterocycles. The molecular weight excluding hydrogens is 373 g/mol. The number of hydrogen-bond acceptors (Lipinski definition) is 3. The van der Waals surface area contributed by atoms with E-state index in [9.17, 15) is 4.79 Å². The number of rotatable bonds is 8. The average molecular weight is 389 g/mol. The summed E-state index contributed by atoms with van der Waals surface area (Å²) >= 11 is 17.8. The number of para-hydroxylation sites is 1. The summed E-state index contributed by atoms with van der Waals surface area (Å²) in [5.41, 5.74) is 0.599. The lowest BCUT2D eigenvalue weighted by atomic mass is 10.1. The first-order valence-electron chi connectivity index (χ1n) is 7.32. The van der Waals surface area contributed by atoms with Crippen LogP contribution in [0, 0.1) is 0 Å². The maximum absolute atomic E-state index is 11.2. The molecule has 0 fully saturated rings. The fourth-order valence-corrected chi connectivity index (χ4v) is 2.87. The molecule has 0 aliphatic rings. The van der Waals surface area contributed by atoms with Gasteiger partial charge in [-0.15, -0.1) is 0 Å². The maximum atomic E-state index is 11.2. The molecule has 0 unspecified atom stereocenters. The highest BCUT2D eigenvalue weighted by atomic mass is 35.5. The van der Waals surface area contributed by atoms with Gasteiger partial charge in [0, 0.05) is 16.6 Å². The minimum atomic E-state index is -1.01. The number of halogens is 3. The first kappa shape index (κ1) is 18.7. The number of carboxylic acids is 1. The second-order valence-electron chi connectivity index (χ2n) is 5.06. The Bertz CT molecular complexity index is 702. The van der Waals surface area contributed by atoms with Crippen LogP contribution in [0.4, 0.5) is 5.69 Å². The van der Waals surface area contributed by atoms with Crippen LogP contribution in [0.5, 0.6) is 5.75 Å². The average Bonchev–Trinajstić information content (AvgIpc) is 2.50. The molecule has 7 heteroatoms. The molecule has 2 rings (SSSR count). The van der Waals surface area contributed by atoms with Gasteiger partial charge in [-0.1, -0.05) is 40.9 Å². The third-order valence-corrected chi connectivity index (χ3v) is 3.97. The number of hydrogen-bond donors (Lipinski definition) is 2. The van der Waals surface area contributed by atoms with Crippen LogP contribution in [0.2, 0.25) is 15.1 Å². The first-order chi connectivity index (χ1) is 11.5. The Balaban J connectivity index is 1.77. The summed E-state index contributed by atoms with van der Waals surface area (Å²) in [7, 11) is 0. The highest BCUT2D eigenvalue weighted by Crippen LogP contribution is 2.26. The van der Waals surface area contributed by atoms with Crippen LogP contribution in [-0.4, -0.2) is 24.2 Å². The highest BCUT2D eigenvalue weighted by molar-refractivity contribution is 6.35. The minimum Gasteiger partial charge on any atom is -0.493 e. The zero-order valence-electron chi connectivity index (χ0n) is 12.7. The molecule has 0 aromatic heterocycles. The lowest BCUT2D eigenvalue weighted by Crippen LogP contribution is -2.09. The van der Waals surface area contributed by atoms with E-state index < -0.39 is 5.97 Å². The largest absolute Gasteiger partial charge is 0.493 e. The lowest BCUT2D eigenvalue weighted by molar-refractivity contribution is 0.0698. The number of carboxylic acid groups (broad SMARTS) is 1. The van der Waals surface area contributed by atoms with Crippen LogP contribution in [0.3, 0.4) is 0 Å². The van der Waals surface area contributed by atoms with Gasteiger partial charge in [0.1, 0.15) is 5.75 Å². The van der Waals surface area contributed by atoms with Crippen molar-refractivity contribution in [3.63, 3.8) is 0 Å². The molecule has 0 radical (unpaired) electrons. The molecule has 128 valence electrons. The van der Waals surface area contributed by atoms with Gasteiger partial charge < -0.3 is 15.2 Å². The van der Waals surface area contributed by atoms with Crippen LogP contribution in [-0.2, 0) is 0 Å². The van der Waals surface area contributed by atoms with Crippen LogP contribution < -0.4 is 10.1 Å². The molecule has 0 spiro atoms. The Morgan fingerprint density at radius 3 is 2.46 bits per heavy atom. The van der Waals surface area contributed by atoms with E-state index in [1.54, 1.807) is 30.3 Å². The van der Waals surface area contributed by atoms with Gasteiger partial charge in [-0.25, -0.2) is 4.79 Å². The van der Waals surface area contributed by atoms with Crippen molar-refractivity contribution in [1.29, 1.82) is 0 Å². The number of unbranched alkanes of at least 4 members (excludes halogenated alkanes) is 1. The van der Waals surface area contributed by atoms with E-state index in [-0.39, 0.29) is 5.56 Å². The van der Waals surface area contributed by atoms with Crippen LogP contribution >= 0.6 is 34.8 Å². The fraction of sp³-hybridized carbons (Fsp3) is 0.235. The van der Waals surface area contributed by atoms with Crippen molar-refractivity contribution >= 4 is 46.5 Å². The van der Waals surface area contributed by atoms with Crippen molar-refractivity contribution in [3.8, 4) is 5.75 Å². The van der Waals surface area contributed by atoms with Crippen molar-refractivity contribution in [2.45, 2.75) is 12.8 Å². The molecular formula is C17H16Cl3NO3. The predicted molar refractivity (Wildman–Crippen MR) is 98.1 cm³/mol. The number of nitrogens with one attached hydrogen (secondary N) is 1. The quantitative estimate of drug-likeness (QED) is 0.577. The van der Waals surface area contributed by atoms with Gasteiger partial charge >= 0.3 is 5.97 Å². The van der Waals surface area contributed by atoms with E-state index in [1.165, 1.54) is 6.07 Å². The normalized spacial score (nSPS) is 10.5. The van der Waals surface area contributed by atoms with Gasteiger partial charge in [0.25, 0.3) is 0 Å². The van der Waals surface area contributed by atoms with Crippen LogP contribution in [0.25, 0.3) is 0 Å². The summed E-state index contributed by atoms with van der Waals surface area (Å²) in [6, 6.07) is 9.83. The first-order valence-corrected chi connectivity index (χ1v) is 8.45. The lowest BCUT2D eigenvalue weighted by Gasteiger charge is -2.12. The van der Waals surface area contributed by atoms with E-state index in [0.717, 1.165) is 12.8 Å². The van der Waals surface area contributed by atoms with Crippen molar-refractivity contribution in [1.82, 2.24) is 0 Å².